The fraction of sp³-hybridized carbons (Fsp3) is 0.433. The summed E-state index contributed by atoms with van der Waals surface area (Å²) in [5.41, 5.74) is 4.47. The number of methoxy groups -OCH3 is 1. The molecule has 1 saturated carbocycles. The van der Waals surface area contributed by atoms with E-state index in [1.807, 2.05) is 32.0 Å². The van der Waals surface area contributed by atoms with Crippen LogP contribution in [-0.4, -0.2) is 33.6 Å². The molecule has 40 heavy (non-hydrogen) atoms. The third-order valence-electron chi connectivity index (χ3n) is 8.25. The van der Waals surface area contributed by atoms with E-state index in [4.69, 9.17) is 14.2 Å². The molecule has 0 spiro atoms. The maximum absolute atomic E-state index is 14.7. The lowest BCUT2D eigenvalue weighted by molar-refractivity contribution is -0.120. The molecule has 2 aromatic heterocycles. The highest BCUT2D eigenvalue weighted by molar-refractivity contribution is 5.95. The van der Waals surface area contributed by atoms with Gasteiger partial charge in [-0.2, -0.15) is 0 Å². The van der Waals surface area contributed by atoms with Crippen molar-refractivity contribution in [3.8, 4) is 16.9 Å². The Hall–Kier alpha value is -3.82. The number of halogens is 3. The SMILES string of the molecule is COc1ccc(N2C(=O)CCCC2c2nc3cc(-c4c(C)noc4C)ccc3n2C2CCC(F)(F)CC2)cc1F. The predicted molar refractivity (Wildman–Crippen MR) is 144 cm³/mol. The van der Waals surface area contributed by atoms with Gasteiger partial charge in [0, 0.05) is 42.6 Å². The number of aromatic nitrogens is 3. The number of amides is 1. The molecule has 1 aliphatic carbocycles. The highest BCUT2D eigenvalue weighted by Crippen LogP contribution is 2.44. The topological polar surface area (TPSA) is 73.4 Å². The van der Waals surface area contributed by atoms with Crippen LogP contribution in [0.2, 0.25) is 0 Å². The molecule has 1 aliphatic heterocycles. The van der Waals surface area contributed by atoms with Crippen LogP contribution in [0.15, 0.2) is 40.9 Å². The first-order chi connectivity index (χ1) is 19.2. The minimum Gasteiger partial charge on any atom is -0.494 e. The van der Waals surface area contributed by atoms with E-state index in [1.54, 1.807) is 11.0 Å². The molecule has 0 radical (unpaired) electrons. The van der Waals surface area contributed by atoms with Gasteiger partial charge in [-0.3, -0.25) is 4.79 Å². The number of fused-ring (bicyclic) bond motifs is 1. The number of carbonyl (C=O) groups excluding carboxylic acids is 1. The van der Waals surface area contributed by atoms with Crippen LogP contribution in [-0.2, 0) is 4.79 Å². The van der Waals surface area contributed by atoms with E-state index in [2.05, 4.69) is 9.72 Å². The Labute approximate surface area is 229 Å². The van der Waals surface area contributed by atoms with Crippen LogP contribution >= 0.6 is 0 Å². The summed E-state index contributed by atoms with van der Waals surface area (Å²) in [5, 5.41) is 4.07. The Balaban J connectivity index is 1.50. The van der Waals surface area contributed by atoms with E-state index < -0.39 is 17.8 Å². The smallest absolute Gasteiger partial charge is 0.248 e. The predicted octanol–water partition coefficient (Wildman–Crippen LogP) is 7.46. The Morgan fingerprint density at radius 2 is 1.85 bits per heavy atom. The van der Waals surface area contributed by atoms with E-state index in [0.29, 0.717) is 54.9 Å². The van der Waals surface area contributed by atoms with Gasteiger partial charge >= 0.3 is 0 Å². The van der Waals surface area contributed by atoms with Crippen molar-refractivity contribution in [3.63, 3.8) is 0 Å². The highest BCUT2D eigenvalue weighted by Gasteiger charge is 2.40. The molecule has 1 saturated heterocycles. The maximum atomic E-state index is 14.7. The van der Waals surface area contributed by atoms with Crippen LogP contribution in [0.5, 0.6) is 5.75 Å². The standard InChI is InChI=1S/C30H31F3N4O3/c1-17-28(18(2)40-35-17)19-7-9-24-23(15-19)34-29(37(24)20-11-13-30(32,33)14-12-20)25-5-4-6-27(38)36(25)21-8-10-26(39-3)22(31)16-21/h7-10,15-16,20,25H,4-6,11-14H2,1-3H3. The summed E-state index contributed by atoms with van der Waals surface area (Å²) in [6.45, 7) is 3.73. The number of hydrogen-bond donors (Lipinski definition) is 0. The quantitative estimate of drug-likeness (QED) is 0.257. The second-order valence-corrected chi connectivity index (χ2v) is 10.8. The summed E-state index contributed by atoms with van der Waals surface area (Å²) < 4.78 is 55.6. The molecule has 3 heterocycles. The summed E-state index contributed by atoms with van der Waals surface area (Å²) in [7, 11) is 1.39. The lowest BCUT2D eigenvalue weighted by Crippen LogP contribution is -2.40. The van der Waals surface area contributed by atoms with Crippen LogP contribution in [0.4, 0.5) is 18.9 Å². The number of hydrogen-bond acceptors (Lipinski definition) is 5. The average Bonchev–Trinajstić information content (AvgIpc) is 3.47. The zero-order valence-electron chi connectivity index (χ0n) is 22.7. The molecule has 1 atom stereocenters. The summed E-state index contributed by atoms with van der Waals surface area (Å²) in [6.07, 6.45) is 1.78. The number of alkyl halides is 2. The number of anilines is 1. The third-order valence-corrected chi connectivity index (χ3v) is 8.25. The Morgan fingerprint density at radius 3 is 2.52 bits per heavy atom. The number of imidazole rings is 1. The molecule has 2 aliphatic rings. The van der Waals surface area contributed by atoms with Crippen molar-refractivity contribution in [1.29, 1.82) is 0 Å². The van der Waals surface area contributed by atoms with Gasteiger partial charge in [0.2, 0.25) is 11.8 Å². The number of carbonyl (C=O) groups is 1. The zero-order chi connectivity index (χ0) is 28.2. The molecule has 2 fully saturated rings. The van der Waals surface area contributed by atoms with Gasteiger partial charge in [-0.25, -0.2) is 18.2 Å². The summed E-state index contributed by atoms with van der Waals surface area (Å²) in [5.74, 6) is -1.97. The molecule has 10 heteroatoms. The maximum Gasteiger partial charge on any atom is 0.248 e. The molecular formula is C30H31F3N4O3. The van der Waals surface area contributed by atoms with Gasteiger partial charge in [0.1, 0.15) is 11.6 Å². The molecule has 210 valence electrons. The lowest BCUT2D eigenvalue weighted by Gasteiger charge is -2.37. The van der Waals surface area contributed by atoms with Gasteiger partial charge in [-0.1, -0.05) is 11.2 Å². The van der Waals surface area contributed by atoms with Crippen LogP contribution in [0.25, 0.3) is 22.2 Å². The van der Waals surface area contributed by atoms with E-state index in [-0.39, 0.29) is 30.5 Å². The Bertz CT molecular complexity index is 1570. The van der Waals surface area contributed by atoms with E-state index in [9.17, 15) is 18.0 Å². The fourth-order valence-electron chi connectivity index (χ4n) is 6.31. The first kappa shape index (κ1) is 26.4. The van der Waals surface area contributed by atoms with Crippen molar-refractivity contribution in [2.75, 3.05) is 12.0 Å². The van der Waals surface area contributed by atoms with Crippen LogP contribution in [0.3, 0.4) is 0 Å². The van der Waals surface area contributed by atoms with Crippen molar-refractivity contribution in [2.45, 2.75) is 76.8 Å². The number of piperidine rings is 1. The fourth-order valence-corrected chi connectivity index (χ4v) is 6.31. The van der Waals surface area contributed by atoms with E-state index >= 15 is 0 Å². The third kappa shape index (κ3) is 4.53. The number of benzene rings is 2. The van der Waals surface area contributed by atoms with E-state index in [1.165, 1.54) is 19.2 Å². The van der Waals surface area contributed by atoms with Gasteiger partial charge < -0.3 is 18.7 Å². The molecule has 2 aromatic carbocycles. The largest absolute Gasteiger partial charge is 0.494 e. The van der Waals surface area contributed by atoms with E-state index in [0.717, 1.165) is 22.3 Å². The van der Waals surface area contributed by atoms with Gasteiger partial charge in [0.05, 0.1) is 29.9 Å². The van der Waals surface area contributed by atoms with Crippen molar-refractivity contribution in [1.82, 2.24) is 14.7 Å². The minimum atomic E-state index is -2.68. The van der Waals surface area contributed by atoms with Crippen molar-refractivity contribution in [2.24, 2.45) is 0 Å². The van der Waals surface area contributed by atoms with Crippen molar-refractivity contribution < 1.29 is 27.2 Å². The van der Waals surface area contributed by atoms with Gasteiger partial charge in [0.15, 0.2) is 11.6 Å². The first-order valence-electron chi connectivity index (χ1n) is 13.7. The molecule has 4 aromatic rings. The number of ether oxygens (including phenoxy) is 1. The highest BCUT2D eigenvalue weighted by atomic mass is 19.3. The number of nitrogens with zero attached hydrogens (tertiary/aromatic N) is 4. The second-order valence-electron chi connectivity index (χ2n) is 10.8. The normalized spacial score (nSPS) is 19.9. The zero-order valence-corrected chi connectivity index (χ0v) is 22.7. The molecule has 7 nitrogen and oxygen atoms in total. The van der Waals surface area contributed by atoms with Gasteiger partial charge in [-0.15, -0.1) is 0 Å². The number of rotatable bonds is 5. The van der Waals surface area contributed by atoms with Crippen LogP contribution in [0.1, 0.15) is 74.3 Å². The lowest BCUT2D eigenvalue weighted by atomic mass is 9.91. The average molecular weight is 553 g/mol. The molecule has 6 rings (SSSR count). The van der Waals surface area contributed by atoms with Crippen LogP contribution in [0, 0.1) is 19.7 Å². The molecule has 1 unspecified atom stereocenters. The summed E-state index contributed by atoms with van der Waals surface area (Å²) in [6, 6.07) is 9.69. The Morgan fingerprint density at radius 1 is 1.07 bits per heavy atom. The second kappa shape index (κ2) is 9.98. The van der Waals surface area contributed by atoms with Crippen molar-refractivity contribution in [3.05, 3.63) is 59.5 Å². The molecule has 1 amide bonds. The van der Waals surface area contributed by atoms with Gasteiger partial charge in [-0.05, 0) is 69.4 Å². The van der Waals surface area contributed by atoms with Crippen molar-refractivity contribution >= 4 is 22.6 Å². The molecule has 0 bridgehead atoms. The first-order valence-corrected chi connectivity index (χ1v) is 13.7. The summed E-state index contributed by atoms with van der Waals surface area (Å²) >= 11 is 0. The monoisotopic (exact) mass is 552 g/mol. The minimum absolute atomic E-state index is 0.0898. The molecule has 0 N–H and O–H groups in total. The number of aryl methyl sites for hydroxylation is 2. The van der Waals surface area contributed by atoms with Crippen LogP contribution < -0.4 is 9.64 Å². The molecular weight excluding hydrogens is 521 g/mol. The Kier molecular flexibility index (Phi) is 6.59. The van der Waals surface area contributed by atoms with Gasteiger partial charge in [0.25, 0.3) is 0 Å². The summed E-state index contributed by atoms with van der Waals surface area (Å²) in [4.78, 5) is 20.0.